The van der Waals surface area contributed by atoms with Crippen molar-refractivity contribution in [1.29, 1.82) is 0 Å². The van der Waals surface area contributed by atoms with Gasteiger partial charge in [0, 0.05) is 12.4 Å². The quantitative estimate of drug-likeness (QED) is 0.704. The summed E-state index contributed by atoms with van der Waals surface area (Å²) in [5.41, 5.74) is 1.97. The van der Waals surface area contributed by atoms with Crippen LogP contribution in [-0.4, -0.2) is 14.1 Å². The number of imidazole rings is 1. The van der Waals surface area contributed by atoms with E-state index in [1.54, 1.807) is 35.0 Å². The standard InChI is InChI=1S/C16H16F3N3/c1-2-5-12-8-9-21(10-12)11-22-14-7-4-3-6-13(14)20-15(22)16(17,18)19/h3-4,6-10H,2,5,11H2,1H3. The van der Waals surface area contributed by atoms with Crippen LogP contribution in [0.25, 0.3) is 11.0 Å². The lowest BCUT2D eigenvalue weighted by molar-refractivity contribution is -0.147. The van der Waals surface area contributed by atoms with Crippen LogP contribution in [0.4, 0.5) is 13.2 Å². The molecule has 0 N–H and O–H groups in total. The van der Waals surface area contributed by atoms with Crippen molar-refractivity contribution < 1.29 is 13.2 Å². The molecule has 1 aromatic carbocycles. The second-order valence-corrected chi connectivity index (χ2v) is 5.28. The maximum absolute atomic E-state index is 13.2. The van der Waals surface area contributed by atoms with E-state index in [2.05, 4.69) is 11.9 Å². The lowest BCUT2D eigenvalue weighted by Crippen LogP contribution is -2.17. The predicted octanol–water partition coefficient (Wildman–Crippen LogP) is 4.31. The van der Waals surface area contributed by atoms with Crippen LogP contribution in [0.15, 0.2) is 42.7 Å². The maximum atomic E-state index is 13.2. The molecule has 3 nitrogen and oxygen atoms in total. The van der Waals surface area contributed by atoms with Crippen molar-refractivity contribution in [3.8, 4) is 0 Å². The van der Waals surface area contributed by atoms with E-state index in [9.17, 15) is 13.2 Å². The van der Waals surface area contributed by atoms with Gasteiger partial charge in [-0.25, -0.2) is 4.98 Å². The second kappa shape index (κ2) is 5.51. The zero-order valence-electron chi connectivity index (χ0n) is 12.1. The Labute approximate surface area is 126 Å². The van der Waals surface area contributed by atoms with Gasteiger partial charge in [-0.3, -0.25) is 0 Å². The monoisotopic (exact) mass is 307 g/mol. The van der Waals surface area contributed by atoms with E-state index in [0.717, 1.165) is 18.4 Å². The fourth-order valence-corrected chi connectivity index (χ4v) is 2.61. The van der Waals surface area contributed by atoms with Crippen LogP contribution in [0.3, 0.4) is 0 Å². The first-order valence-corrected chi connectivity index (χ1v) is 7.16. The highest BCUT2D eigenvalue weighted by Gasteiger charge is 2.37. The van der Waals surface area contributed by atoms with Gasteiger partial charge in [-0.1, -0.05) is 25.5 Å². The fourth-order valence-electron chi connectivity index (χ4n) is 2.61. The molecule has 2 aromatic heterocycles. The largest absolute Gasteiger partial charge is 0.449 e. The van der Waals surface area contributed by atoms with Gasteiger partial charge in [-0.2, -0.15) is 13.2 Å². The highest BCUT2D eigenvalue weighted by Crippen LogP contribution is 2.31. The molecule has 0 amide bonds. The normalized spacial score (nSPS) is 12.2. The summed E-state index contributed by atoms with van der Waals surface area (Å²) in [4.78, 5) is 3.75. The molecule has 0 saturated carbocycles. The zero-order valence-corrected chi connectivity index (χ0v) is 12.1. The van der Waals surface area contributed by atoms with Gasteiger partial charge in [0.05, 0.1) is 11.0 Å². The van der Waals surface area contributed by atoms with Gasteiger partial charge in [0.1, 0.15) is 6.67 Å². The van der Waals surface area contributed by atoms with E-state index in [1.807, 2.05) is 12.3 Å². The molecule has 0 saturated heterocycles. The van der Waals surface area contributed by atoms with Crippen LogP contribution in [0.2, 0.25) is 0 Å². The first-order chi connectivity index (χ1) is 10.5. The number of alkyl halides is 3. The predicted molar refractivity (Wildman–Crippen MR) is 78.6 cm³/mol. The van der Waals surface area contributed by atoms with Gasteiger partial charge in [-0.15, -0.1) is 0 Å². The topological polar surface area (TPSA) is 22.8 Å². The minimum absolute atomic E-state index is 0.0963. The van der Waals surface area contributed by atoms with Crippen molar-refractivity contribution in [1.82, 2.24) is 14.1 Å². The van der Waals surface area contributed by atoms with Crippen molar-refractivity contribution in [2.45, 2.75) is 32.6 Å². The molecule has 0 aliphatic heterocycles. The Morgan fingerprint density at radius 3 is 2.64 bits per heavy atom. The summed E-state index contributed by atoms with van der Waals surface area (Å²) in [5, 5.41) is 0. The average Bonchev–Trinajstić information content (AvgIpc) is 3.05. The van der Waals surface area contributed by atoms with Crippen LogP contribution in [-0.2, 0) is 19.3 Å². The summed E-state index contributed by atoms with van der Waals surface area (Å²) in [7, 11) is 0. The van der Waals surface area contributed by atoms with Crippen molar-refractivity contribution in [3.05, 3.63) is 54.1 Å². The van der Waals surface area contributed by atoms with E-state index in [1.165, 1.54) is 4.57 Å². The van der Waals surface area contributed by atoms with Crippen LogP contribution in [0.1, 0.15) is 24.7 Å². The Hall–Kier alpha value is -2.24. The molecular formula is C16H16F3N3. The number of para-hydroxylation sites is 2. The molecule has 116 valence electrons. The lowest BCUT2D eigenvalue weighted by Gasteiger charge is -2.12. The number of hydrogen-bond donors (Lipinski definition) is 0. The molecule has 6 heteroatoms. The maximum Gasteiger partial charge on any atom is 0.449 e. The molecule has 2 heterocycles. The summed E-state index contributed by atoms with van der Waals surface area (Å²) in [6, 6.07) is 8.61. The van der Waals surface area contributed by atoms with E-state index in [0.29, 0.717) is 11.0 Å². The van der Waals surface area contributed by atoms with Gasteiger partial charge in [0.15, 0.2) is 0 Å². The molecule has 0 bridgehead atoms. The van der Waals surface area contributed by atoms with Crippen LogP contribution in [0.5, 0.6) is 0 Å². The first kappa shape index (κ1) is 14.7. The molecule has 0 aliphatic carbocycles. The third kappa shape index (κ3) is 2.73. The smallest absolute Gasteiger partial charge is 0.336 e. The van der Waals surface area contributed by atoms with Crippen molar-refractivity contribution in [2.24, 2.45) is 0 Å². The first-order valence-electron chi connectivity index (χ1n) is 7.16. The number of aromatic nitrogens is 3. The van der Waals surface area contributed by atoms with Crippen LogP contribution in [0, 0.1) is 0 Å². The number of nitrogens with zero attached hydrogens (tertiary/aromatic N) is 3. The molecular weight excluding hydrogens is 291 g/mol. The number of benzene rings is 1. The highest BCUT2D eigenvalue weighted by molar-refractivity contribution is 5.76. The average molecular weight is 307 g/mol. The van der Waals surface area contributed by atoms with Crippen molar-refractivity contribution in [2.75, 3.05) is 0 Å². The molecule has 0 atom stereocenters. The van der Waals surface area contributed by atoms with E-state index in [4.69, 9.17) is 0 Å². The summed E-state index contributed by atoms with van der Waals surface area (Å²) < 4.78 is 42.6. The summed E-state index contributed by atoms with van der Waals surface area (Å²) in [6.45, 7) is 2.17. The molecule has 0 unspecified atom stereocenters. The van der Waals surface area contributed by atoms with E-state index >= 15 is 0 Å². The molecule has 3 aromatic rings. The molecule has 0 spiro atoms. The Kier molecular flexibility index (Phi) is 3.68. The summed E-state index contributed by atoms with van der Waals surface area (Å²) in [6.07, 6.45) is 1.15. The van der Waals surface area contributed by atoms with E-state index < -0.39 is 12.0 Å². The van der Waals surface area contributed by atoms with Gasteiger partial charge in [0.2, 0.25) is 5.82 Å². The number of halogens is 3. The number of rotatable bonds is 4. The zero-order chi connectivity index (χ0) is 15.7. The highest BCUT2D eigenvalue weighted by atomic mass is 19.4. The van der Waals surface area contributed by atoms with Gasteiger partial charge >= 0.3 is 6.18 Å². The Morgan fingerprint density at radius 1 is 1.14 bits per heavy atom. The third-order valence-electron chi connectivity index (χ3n) is 3.56. The molecule has 0 radical (unpaired) electrons. The van der Waals surface area contributed by atoms with Gasteiger partial charge in [-0.05, 0) is 30.2 Å². The third-order valence-corrected chi connectivity index (χ3v) is 3.56. The summed E-state index contributed by atoms with van der Waals surface area (Å²) in [5.74, 6) is -0.862. The SMILES string of the molecule is CCCc1ccn(Cn2c(C(F)(F)F)nc3ccccc32)c1. The summed E-state index contributed by atoms with van der Waals surface area (Å²) >= 11 is 0. The number of hydrogen-bond acceptors (Lipinski definition) is 1. The lowest BCUT2D eigenvalue weighted by atomic mass is 10.2. The minimum Gasteiger partial charge on any atom is -0.336 e. The Morgan fingerprint density at radius 2 is 1.91 bits per heavy atom. The van der Waals surface area contributed by atoms with Crippen LogP contribution >= 0.6 is 0 Å². The number of fused-ring (bicyclic) bond motifs is 1. The van der Waals surface area contributed by atoms with Crippen molar-refractivity contribution in [3.63, 3.8) is 0 Å². The van der Waals surface area contributed by atoms with Crippen LogP contribution < -0.4 is 0 Å². The fraction of sp³-hybridized carbons (Fsp3) is 0.312. The van der Waals surface area contributed by atoms with Gasteiger partial charge in [0.25, 0.3) is 0 Å². The second-order valence-electron chi connectivity index (χ2n) is 5.28. The minimum atomic E-state index is -4.47. The van der Waals surface area contributed by atoms with E-state index in [-0.39, 0.29) is 6.67 Å². The Bertz CT molecular complexity index is 783. The van der Waals surface area contributed by atoms with Gasteiger partial charge < -0.3 is 9.13 Å². The molecule has 3 rings (SSSR count). The van der Waals surface area contributed by atoms with Crippen molar-refractivity contribution >= 4 is 11.0 Å². The molecule has 0 aliphatic rings. The Balaban J connectivity index is 2.04. The number of aryl methyl sites for hydroxylation is 1. The molecule has 22 heavy (non-hydrogen) atoms. The molecule has 0 fully saturated rings.